The molecular formula is C13H14BrNO2. The highest BCUT2D eigenvalue weighted by molar-refractivity contribution is 9.10. The van der Waals surface area contributed by atoms with Crippen molar-refractivity contribution in [1.82, 2.24) is 0 Å². The van der Waals surface area contributed by atoms with Gasteiger partial charge < -0.3 is 0 Å². The minimum absolute atomic E-state index is 0.104. The lowest BCUT2D eigenvalue weighted by Crippen LogP contribution is -2.31. The van der Waals surface area contributed by atoms with Crippen LogP contribution >= 0.6 is 15.9 Å². The van der Waals surface area contributed by atoms with E-state index in [1.807, 2.05) is 19.1 Å². The molecular weight excluding hydrogens is 282 g/mol. The van der Waals surface area contributed by atoms with Crippen molar-refractivity contribution in [3.05, 3.63) is 28.2 Å². The summed E-state index contributed by atoms with van der Waals surface area (Å²) in [6.07, 6.45) is 0. The van der Waals surface area contributed by atoms with Crippen molar-refractivity contribution in [2.75, 3.05) is 4.90 Å². The van der Waals surface area contributed by atoms with Crippen LogP contribution in [0.2, 0.25) is 0 Å². The van der Waals surface area contributed by atoms with Crippen LogP contribution in [-0.2, 0) is 9.59 Å². The van der Waals surface area contributed by atoms with Gasteiger partial charge in [-0.3, -0.25) is 9.59 Å². The highest BCUT2D eigenvalue weighted by Crippen LogP contribution is 2.33. The Kier molecular flexibility index (Phi) is 3.08. The van der Waals surface area contributed by atoms with Crippen LogP contribution in [0.15, 0.2) is 22.7 Å². The first-order valence-corrected chi connectivity index (χ1v) is 6.36. The lowest BCUT2D eigenvalue weighted by molar-refractivity contribution is -0.122. The van der Waals surface area contributed by atoms with Gasteiger partial charge in [-0.05, 0) is 30.7 Å². The number of anilines is 1. The Morgan fingerprint density at radius 3 is 2.12 bits per heavy atom. The number of carbonyl (C=O) groups excluding carboxylic acids is 2. The summed E-state index contributed by atoms with van der Waals surface area (Å²) in [5, 5.41) is 0. The van der Waals surface area contributed by atoms with Crippen LogP contribution in [-0.4, -0.2) is 11.8 Å². The van der Waals surface area contributed by atoms with Crippen molar-refractivity contribution in [3.8, 4) is 0 Å². The summed E-state index contributed by atoms with van der Waals surface area (Å²) < 4.78 is 0.943. The molecule has 1 saturated heterocycles. The third kappa shape index (κ3) is 1.90. The third-order valence-corrected chi connectivity index (χ3v) is 3.86. The molecule has 2 rings (SSSR count). The lowest BCUT2D eigenvalue weighted by atomic mass is 10.00. The van der Waals surface area contributed by atoms with E-state index in [0.29, 0.717) is 5.69 Å². The Hall–Kier alpha value is -1.16. The second-order valence-corrected chi connectivity index (χ2v) is 5.44. The standard InChI is InChI=1S/C13H14BrNO2/c1-7-6-10(14)4-5-11(7)15-12(16)8(2)9(3)13(15)17/h4-6,8-9H,1-3H3. The zero-order valence-electron chi connectivity index (χ0n) is 10.0. The summed E-state index contributed by atoms with van der Waals surface area (Å²) in [5.41, 5.74) is 1.61. The quantitative estimate of drug-likeness (QED) is 0.747. The van der Waals surface area contributed by atoms with E-state index in [2.05, 4.69) is 15.9 Å². The molecule has 0 N–H and O–H groups in total. The number of amides is 2. The number of imide groups is 1. The maximum Gasteiger partial charge on any atom is 0.237 e. The van der Waals surface area contributed by atoms with Gasteiger partial charge in [0.15, 0.2) is 0 Å². The van der Waals surface area contributed by atoms with E-state index in [1.165, 1.54) is 4.90 Å². The number of hydrogen-bond donors (Lipinski definition) is 0. The SMILES string of the molecule is Cc1cc(Br)ccc1N1C(=O)C(C)C(C)C1=O. The smallest absolute Gasteiger partial charge is 0.237 e. The Bertz CT molecular complexity index is 478. The van der Waals surface area contributed by atoms with Crippen LogP contribution in [0, 0.1) is 18.8 Å². The predicted octanol–water partition coefficient (Wildman–Crippen LogP) is 2.90. The molecule has 1 fully saturated rings. The Labute approximate surface area is 109 Å². The van der Waals surface area contributed by atoms with E-state index in [4.69, 9.17) is 0 Å². The zero-order valence-corrected chi connectivity index (χ0v) is 11.6. The fraction of sp³-hybridized carbons (Fsp3) is 0.385. The van der Waals surface area contributed by atoms with Gasteiger partial charge in [-0.2, -0.15) is 0 Å². The van der Waals surface area contributed by atoms with Crippen LogP contribution in [0.25, 0.3) is 0 Å². The molecule has 2 atom stereocenters. The Morgan fingerprint density at radius 2 is 1.65 bits per heavy atom. The molecule has 0 bridgehead atoms. The Balaban J connectivity index is 2.47. The van der Waals surface area contributed by atoms with E-state index < -0.39 is 0 Å². The molecule has 3 nitrogen and oxygen atoms in total. The van der Waals surface area contributed by atoms with Crippen LogP contribution in [0.4, 0.5) is 5.69 Å². The van der Waals surface area contributed by atoms with Crippen molar-refractivity contribution < 1.29 is 9.59 Å². The fourth-order valence-corrected chi connectivity index (χ4v) is 2.53. The van der Waals surface area contributed by atoms with Gasteiger partial charge in [-0.25, -0.2) is 4.90 Å². The molecule has 1 aliphatic heterocycles. The molecule has 0 saturated carbocycles. The second kappa shape index (κ2) is 4.26. The number of carbonyl (C=O) groups is 2. The van der Waals surface area contributed by atoms with Crippen molar-refractivity contribution >= 4 is 33.4 Å². The normalized spacial score (nSPS) is 24.6. The molecule has 17 heavy (non-hydrogen) atoms. The highest BCUT2D eigenvalue weighted by atomic mass is 79.9. The molecule has 2 amide bonds. The van der Waals surface area contributed by atoms with Crippen LogP contribution in [0.3, 0.4) is 0 Å². The number of aryl methyl sites for hydroxylation is 1. The van der Waals surface area contributed by atoms with Gasteiger partial charge in [-0.15, -0.1) is 0 Å². The van der Waals surface area contributed by atoms with Crippen molar-refractivity contribution in [2.24, 2.45) is 11.8 Å². The van der Waals surface area contributed by atoms with Gasteiger partial charge in [0.1, 0.15) is 0 Å². The molecule has 1 aromatic carbocycles. The highest BCUT2D eigenvalue weighted by Gasteiger charge is 2.43. The average Bonchev–Trinajstić information content (AvgIpc) is 2.45. The predicted molar refractivity (Wildman–Crippen MR) is 69.7 cm³/mol. The van der Waals surface area contributed by atoms with E-state index in [-0.39, 0.29) is 23.7 Å². The molecule has 0 aromatic heterocycles. The maximum atomic E-state index is 12.1. The van der Waals surface area contributed by atoms with Gasteiger partial charge in [0, 0.05) is 16.3 Å². The first kappa shape index (κ1) is 12.3. The van der Waals surface area contributed by atoms with E-state index in [9.17, 15) is 9.59 Å². The fourth-order valence-electron chi connectivity index (χ4n) is 2.05. The topological polar surface area (TPSA) is 37.4 Å². The molecule has 90 valence electrons. The van der Waals surface area contributed by atoms with Crippen LogP contribution in [0.5, 0.6) is 0 Å². The Morgan fingerprint density at radius 1 is 1.12 bits per heavy atom. The van der Waals surface area contributed by atoms with Gasteiger partial charge in [-0.1, -0.05) is 29.8 Å². The van der Waals surface area contributed by atoms with Gasteiger partial charge in [0.25, 0.3) is 0 Å². The molecule has 1 aliphatic rings. The molecule has 2 unspecified atom stereocenters. The summed E-state index contributed by atoms with van der Waals surface area (Å²) >= 11 is 3.37. The number of benzene rings is 1. The lowest BCUT2D eigenvalue weighted by Gasteiger charge is -2.17. The third-order valence-electron chi connectivity index (χ3n) is 3.37. The molecule has 1 heterocycles. The summed E-state index contributed by atoms with van der Waals surface area (Å²) in [5.74, 6) is -0.670. The van der Waals surface area contributed by atoms with E-state index >= 15 is 0 Å². The van der Waals surface area contributed by atoms with Crippen LogP contribution in [0.1, 0.15) is 19.4 Å². The summed E-state index contributed by atoms with van der Waals surface area (Å²) in [6, 6.07) is 5.56. The number of hydrogen-bond acceptors (Lipinski definition) is 2. The summed E-state index contributed by atoms with van der Waals surface area (Å²) in [7, 11) is 0. The molecule has 0 spiro atoms. The first-order chi connectivity index (χ1) is 7.93. The zero-order chi connectivity index (χ0) is 12.7. The minimum atomic E-state index is -0.231. The number of halogens is 1. The van der Waals surface area contributed by atoms with Crippen molar-refractivity contribution in [3.63, 3.8) is 0 Å². The number of nitrogens with zero attached hydrogens (tertiary/aromatic N) is 1. The molecule has 1 aromatic rings. The molecule has 0 aliphatic carbocycles. The monoisotopic (exact) mass is 295 g/mol. The van der Waals surface area contributed by atoms with Gasteiger partial charge >= 0.3 is 0 Å². The van der Waals surface area contributed by atoms with Crippen molar-refractivity contribution in [1.29, 1.82) is 0 Å². The largest absolute Gasteiger partial charge is 0.274 e. The summed E-state index contributed by atoms with van der Waals surface area (Å²) in [4.78, 5) is 25.4. The minimum Gasteiger partial charge on any atom is -0.274 e. The van der Waals surface area contributed by atoms with Gasteiger partial charge in [0.05, 0.1) is 5.69 Å². The van der Waals surface area contributed by atoms with Crippen molar-refractivity contribution in [2.45, 2.75) is 20.8 Å². The maximum absolute atomic E-state index is 12.1. The van der Waals surface area contributed by atoms with E-state index in [0.717, 1.165) is 10.0 Å². The summed E-state index contributed by atoms with van der Waals surface area (Å²) in [6.45, 7) is 5.51. The molecule has 0 radical (unpaired) electrons. The van der Waals surface area contributed by atoms with Gasteiger partial charge in [0.2, 0.25) is 11.8 Å². The van der Waals surface area contributed by atoms with Crippen LogP contribution < -0.4 is 4.90 Å². The van der Waals surface area contributed by atoms with E-state index in [1.54, 1.807) is 19.9 Å². The molecule has 4 heteroatoms. The number of rotatable bonds is 1. The second-order valence-electron chi connectivity index (χ2n) is 4.52. The average molecular weight is 296 g/mol. The first-order valence-electron chi connectivity index (χ1n) is 5.57.